The molecule has 0 unspecified atom stereocenters. The maximum atomic E-state index is 11.3. The van der Waals surface area contributed by atoms with E-state index in [1.165, 1.54) is 11.8 Å². The van der Waals surface area contributed by atoms with Gasteiger partial charge in [0.25, 0.3) is 0 Å². The van der Waals surface area contributed by atoms with E-state index in [0.29, 0.717) is 0 Å². The summed E-state index contributed by atoms with van der Waals surface area (Å²) in [6.07, 6.45) is 2.14. The highest BCUT2D eigenvalue weighted by Crippen LogP contribution is 2.25. The van der Waals surface area contributed by atoms with Gasteiger partial charge in [0.1, 0.15) is 0 Å². The molecule has 1 nitrogen and oxygen atoms in total. The fourth-order valence-corrected chi connectivity index (χ4v) is 1.29. The molecule has 0 bridgehead atoms. The fraction of sp³-hybridized carbons (Fsp3) is 0.778. The lowest BCUT2D eigenvalue weighted by Gasteiger charge is -2.14. The zero-order chi connectivity index (χ0) is 8.91. The largest absolute Gasteiger partial charge is 0.287 e. The molecule has 0 aliphatic carbocycles. The number of unbranched alkanes of at least 4 members (excludes halogenated alkanes) is 1. The monoisotopic (exact) mass is 173 g/mol. The van der Waals surface area contributed by atoms with Gasteiger partial charge in [0.15, 0.2) is 5.12 Å². The quantitative estimate of drug-likeness (QED) is 0.609. The Morgan fingerprint density at radius 3 is 2.36 bits per heavy atom. The zero-order valence-electron chi connectivity index (χ0n) is 7.81. The van der Waals surface area contributed by atoms with Crippen LogP contribution < -0.4 is 0 Å². The van der Waals surface area contributed by atoms with Crippen molar-refractivity contribution in [1.82, 2.24) is 0 Å². The third-order valence-electron chi connectivity index (χ3n) is 1.21. The van der Waals surface area contributed by atoms with E-state index >= 15 is 0 Å². The van der Waals surface area contributed by atoms with E-state index in [2.05, 4.69) is 6.92 Å². The van der Waals surface area contributed by atoms with Gasteiger partial charge in [-0.15, -0.1) is 0 Å². The minimum atomic E-state index is -0.199. The molecule has 0 aliphatic heterocycles. The predicted octanol–water partition coefficient (Wildman–Crippen LogP) is 3.25. The summed E-state index contributed by atoms with van der Waals surface area (Å²) in [5.41, 5.74) is -0.199. The van der Waals surface area contributed by atoms with Crippen molar-refractivity contribution in [2.45, 2.75) is 40.5 Å². The average Bonchev–Trinajstić information content (AvgIpc) is 1.86. The van der Waals surface area contributed by atoms with Gasteiger partial charge in [-0.1, -0.05) is 45.9 Å². The van der Waals surface area contributed by atoms with Crippen molar-refractivity contribution in [1.29, 1.82) is 0 Å². The topological polar surface area (TPSA) is 17.1 Å². The normalized spacial score (nSPS) is 11.6. The summed E-state index contributed by atoms with van der Waals surface area (Å²) in [4.78, 5) is 11.3. The highest BCUT2D eigenvalue weighted by atomic mass is 32.2. The molecule has 0 aromatic rings. The van der Waals surface area contributed by atoms with Gasteiger partial charge in [-0.2, -0.15) is 0 Å². The Hall–Kier alpha value is 0.0200. The SMILES string of the molecule is CCC[CH]SC(=O)C(C)(C)C. The second-order valence-electron chi connectivity index (χ2n) is 3.61. The first-order chi connectivity index (χ1) is 4.98. The molecule has 0 saturated carbocycles. The summed E-state index contributed by atoms with van der Waals surface area (Å²) in [6, 6.07) is 0. The van der Waals surface area contributed by atoms with E-state index in [9.17, 15) is 4.79 Å². The van der Waals surface area contributed by atoms with Crippen molar-refractivity contribution >= 4 is 16.9 Å². The molecule has 0 spiro atoms. The molecule has 0 amide bonds. The van der Waals surface area contributed by atoms with Gasteiger partial charge in [-0.25, -0.2) is 0 Å². The third kappa shape index (κ3) is 5.31. The first-order valence-electron chi connectivity index (χ1n) is 4.01. The van der Waals surface area contributed by atoms with Crippen molar-refractivity contribution in [3.63, 3.8) is 0 Å². The van der Waals surface area contributed by atoms with E-state index in [0.717, 1.165) is 12.8 Å². The summed E-state index contributed by atoms with van der Waals surface area (Å²) >= 11 is 1.34. The van der Waals surface area contributed by atoms with Crippen molar-refractivity contribution < 1.29 is 4.79 Å². The smallest absolute Gasteiger partial charge is 0.194 e. The Morgan fingerprint density at radius 1 is 1.45 bits per heavy atom. The molecule has 11 heavy (non-hydrogen) atoms. The Bertz CT molecular complexity index is 124. The first kappa shape index (κ1) is 11.0. The maximum Gasteiger partial charge on any atom is 0.194 e. The fourth-order valence-electron chi connectivity index (χ4n) is 0.429. The van der Waals surface area contributed by atoms with Gasteiger partial charge < -0.3 is 0 Å². The second-order valence-corrected chi connectivity index (χ2v) is 4.55. The van der Waals surface area contributed by atoms with Gasteiger partial charge in [0.05, 0.1) is 0 Å². The van der Waals surface area contributed by atoms with E-state index < -0.39 is 0 Å². The number of hydrogen-bond acceptors (Lipinski definition) is 2. The zero-order valence-corrected chi connectivity index (χ0v) is 8.62. The molecule has 1 radical (unpaired) electrons. The number of rotatable bonds is 3. The summed E-state index contributed by atoms with van der Waals surface area (Å²) in [5.74, 6) is 1.99. The average molecular weight is 173 g/mol. The van der Waals surface area contributed by atoms with Gasteiger partial charge in [0, 0.05) is 11.2 Å². The third-order valence-corrected chi connectivity index (χ3v) is 2.44. The number of carbonyl (C=O) groups excluding carboxylic acids is 1. The molecule has 0 aromatic heterocycles. The van der Waals surface area contributed by atoms with Gasteiger partial charge in [-0.05, 0) is 6.42 Å². The molecular weight excluding hydrogens is 156 g/mol. The standard InChI is InChI=1S/C9H17OS/c1-5-6-7-11-8(10)9(2,3)4/h7H,5-6H2,1-4H3. The Kier molecular flexibility index (Phi) is 4.82. The number of thioether (sulfide) groups is 1. The molecule has 0 saturated heterocycles. The molecular formula is C9H17OS. The van der Waals surface area contributed by atoms with Gasteiger partial charge in [0.2, 0.25) is 0 Å². The minimum Gasteiger partial charge on any atom is -0.287 e. The lowest BCUT2D eigenvalue weighted by atomic mass is 10.00. The van der Waals surface area contributed by atoms with Crippen molar-refractivity contribution in [2.24, 2.45) is 5.41 Å². The van der Waals surface area contributed by atoms with E-state index in [-0.39, 0.29) is 10.5 Å². The van der Waals surface area contributed by atoms with Crippen LogP contribution in [0.15, 0.2) is 0 Å². The van der Waals surface area contributed by atoms with Crippen LogP contribution in [-0.2, 0) is 4.79 Å². The number of hydrogen-bond donors (Lipinski definition) is 0. The van der Waals surface area contributed by atoms with Crippen LogP contribution in [0.3, 0.4) is 0 Å². The van der Waals surface area contributed by atoms with Crippen molar-refractivity contribution in [2.75, 3.05) is 0 Å². The Labute approximate surface area is 73.9 Å². The van der Waals surface area contributed by atoms with E-state index in [4.69, 9.17) is 0 Å². The van der Waals surface area contributed by atoms with Crippen LogP contribution in [0.4, 0.5) is 0 Å². The number of carbonyl (C=O) groups is 1. The molecule has 2 heteroatoms. The molecule has 0 N–H and O–H groups in total. The molecule has 0 heterocycles. The first-order valence-corrected chi connectivity index (χ1v) is 4.89. The minimum absolute atomic E-state index is 0.199. The van der Waals surface area contributed by atoms with Crippen LogP contribution in [0.1, 0.15) is 40.5 Å². The van der Waals surface area contributed by atoms with Gasteiger partial charge >= 0.3 is 0 Å². The van der Waals surface area contributed by atoms with Gasteiger partial charge in [-0.3, -0.25) is 4.79 Å². The maximum absolute atomic E-state index is 11.3. The van der Waals surface area contributed by atoms with Crippen molar-refractivity contribution in [3.05, 3.63) is 5.75 Å². The van der Waals surface area contributed by atoms with E-state index in [1.54, 1.807) is 0 Å². The summed E-state index contributed by atoms with van der Waals surface area (Å²) in [5, 5.41) is 0.256. The summed E-state index contributed by atoms with van der Waals surface area (Å²) in [6.45, 7) is 7.95. The van der Waals surface area contributed by atoms with E-state index in [1.807, 2.05) is 26.5 Å². The van der Waals surface area contributed by atoms with Crippen LogP contribution in [-0.4, -0.2) is 5.12 Å². The highest BCUT2D eigenvalue weighted by molar-refractivity contribution is 8.15. The Balaban J connectivity index is 3.54. The molecule has 0 aliphatic rings. The summed E-state index contributed by atoms with van der Waals surface area (Å²) in [7, 11) is 0. The lowest BCUT2D eigenvalue weighted by molar-refractivity contribution is -0.117. The van der Waals surface area contributed by atoms with Crippen LogP contribution in [0, 0.1) is 11.2 Å². The lowest BCUT2D eigenvalue weighted by Crippen LogP contribution is -2.15. The molecule has 0 fully saturated rings. The van der Waals surface area contributed by atoms with Crippen LogP contribution >= 0.6 is 11.8 Å². The predicted molar refractivity (Wildman–Crippen MR) is 51.3 cm³/mol. The van der Waals surface area contributed by atoms with Crippen molar-refractivity contribution in [3.8, 4) is 0 Å². The molecule has 0 atom stereocenters. The second kappa shape index (κ2) is 4.81. The Morgan fingerprint density at radius 2 is 2.00 bits per heavy atom. The molecule has 0 rings (SSSR count). The van der Waals surface area contributed by atoms with Crippen LogP contribution in [0.5, 0.6) is 0 Å². The van der Waals surface area contributed by atoms with Crippen LogP contribution in [0.25, 0.3) is 0 Å². The molecule has 0 aromatic carbocycles. The molecule has 65 valence electrons. The van der Waals surface area contributed by atoms with Crippen LogP contribution in [0.2, 0.25) is 0 Å². The summed E-state index contributed by atoms with van der Waals surface area (Å²) < 4.78 is 0. The highest BCUT2D eigenvalue weighted by Gasteiger charge is 2.20.